The molecule has 0 radical (unpaired) electrons. The molecule has 1 heterocycles. The molecule has 0 aromatic heterocycles. The van der Waals surface area contributed by atoms with Crippen LogP contribution in [-0.4, -0.2) is 11.7 Å². The molecular formula is C17H13N3O2. The summed E-state index contributed by atoms with van der Waals surface area (Å²) in [6, 6.07) is 11.0. The molecule has 5 nitrogen and oxygen atoms in total. The van der Waals surface area contributed by atoms with E-state index in [4.69, 9.17) is 15.4 Å². The Morgan fingerprint density at radius 1 is 1.18 bits per heavy atom. The van der Waals surface area contributed by atoms with Crippen molar-refractivity contribution in [2.75, 3.05) is 0 Å². The number of carbonyl (C=O) groups excluding carboxylic acids is 1. The van der Waals surface area contributed by atoms with Crippen LogP contribution in [0.2, 0.25) is 0 Å². The van der Waals surface area contributed by atoms with Gasteiger partial charge in [0.15, 0.2) is 5.78 Å². The summed E-state index contributed by atoms with van der Waals surface area (Å²) in [7, 11) is 0. The van der Waals surface area contributed by atoms with Crippen molar-refractivity contribution in [3.63, 3.8) is 0 Å². The Labute approximate surface area is 127 Å². The first kappa shape index (κ1) is 14.0. The van der Waals surface area contributed by atoms with E-state index in [-0.39, 0.29) is 11.7 Å². The van der Waals surface area contributed by atoms with Gasteiger partial charge in [-0.15, -0.1) is 0 Å². The van der Waals surface area contributed by atoms with Crippen LogP contribution < -0.4 is 0 Å². The number of ketones is 1. The van der Waals surface area contributed by atoms with Gasteiger partial charge in [-0.3, -0.25) is 10.2 Å². The number of hydrogen-bond acceptors (Lipinski definition) is 5. The Hall–Kier alpha value is -2.92. The van der Waals surface area contributed by atoms with E-state index in [1.54, 1.807) is 24.3 Å². The standard InChI is InChI=1S/C17H13N3O2/c18-8-10-4-6-11(7-5-10)15-12(9-19)17(20)22-14-3-1-2-13(21)16(14)15/h4-7,12,15,20H,1-3H2. The van der Waals surface area contributed by atoms with Gasteiger partial charge < -0.3 is 4.74 Å². The molecule has 0 fully saturated rings. The normalized spacial score (nSPS) is 24.1. The third-order valence-electron chi connectivity index (χ3n) is 4.11. The Kier molecular flexibility index (Phi) is 3.48. The second-order valence-corrected chi connectivity index (χ2v) is 5.40. The van der Waals surface area contributed by atoms with Gasteiger partial charge in [-0.05, 0) is 24.1 Å². The average molecular weight is 291 g/mol. The van der Waals surface area contributed by atoms with Crippen molar-refractivity contribution in [1.29, 1.82) is 15.9 Å². The molecule has 0 amide bonds. The molecule has 5 heteroatoms. The average Bonchev–Trinajstić information content (AvgIpc) is 2.54. The number of nitriles is 2. The lowest BCUT2D eigenvalue weighted by molar-refractivity contribution is -0.116. The molecule has 1 aliphatic heterocycles. The van der Waals surface area contributed by atoms with E-state index in [1.165, 1.54) is 0 Å². The molecule has 2 atom stereocenters. The van der Waals surface area contributed by atoms with Crippen molar-refractivity contribution in [3.8, 4) is 12.1 Å². The molecule has 1 aromatic carbocycles. The lowest BCUT2D eigenvalue weighted by Crippen LogP contribution is -2.34. The molecule has 1 N–H and O–H groups in total. The SMILES string of the molecule is N#Cc1ccc(C2C3=C(CCCC3=O)OC(=N)C2C#N)cc1. The first-order valence-corrected chi connectivity index (χ1v) is 7.08. The summed E-state index contributed by atoms with van der Waals surface area (Å²) in [5.74, 6) is -0.883. The lowest BCUT2D eigenvalue weighted by Gasteiger charge is -2.34. The van der Waals surface area contributed by atoms with Gasteiger partial charge in [0.1, 0.15) is 11.7 Å². The zero-order valence-electron chi connectivity index (χ0n) is 11.8. The Morgan fingerprint density at radius 3 is 2.55 bits per heavy atom. The Balaban J connectivity index is 2.14. The minimum atomic E-state index is -0.811. The highest BCUT2D eigenvalue weighted by molar-refractivity contribution is 6.01. The topological polar surface area (TPSA) is 97.7 Å². The maximum atomic E-state index is 12.3. The third kappa shape index (κ3) is 2.17. The van der Waals surface area contributed by atoms with Crippen LogP contribution in [0.25, 0.3) is 0 Å². The van der Waals surface area contributed by atoms with E-state index >= 15 is 0 Å². The number of rotatable bonds is 1. The van der Waals surface area contributed by atoms with Crippen molar-refractivity contribution < 1.29 is 9.53 Å². The summed E-state index contributed by atoms with van der Waals surface area (Å²) in [4.78, 5) is 12.3. The van der Waals surface area contributed by atoms with E-state index in [1.807, 2.05) is 6.07 Å². The van der Waals surface area contributed by atoms with Crippen LogP contribution in [0.4, 0.5) is 0 Å². The number of benzene rings is 1. The van der Waals surface area contributed by atoms with Crippen LogP contribution in [0.1, 0.15) is 36.3 Å². The molecule has 0 bridgehead atoms. The quantitative estimate of drug-likeness (QED) is 0.860. The summed E-state index contributed by atoms with van der Waals surface area (Å²) in [6.07, 6.45) is 1.77. The van der Waals surface area contributed by atoms with Crippen molar-refractivity contribution >= 4 is 11.7 Å². The maximum Gasteiger partial charge on any atom is 0.205 e. The van der Waals surface area contributed by atoms with Gasteiger partial charge in [0.05, 0.1) is 17.7 Å². The first-order chi connectivity index (χ1) is 10.7. The highest BCUT2D eigenvalue weighted by Gasteiger charge is 2.42. The summed E-state index contributed by atoms with van der Waals surface area (Å²) >= 11 is 0. The molecule has 0 saturated heterocycles. The molecule has 0 saturated carbocycles. The van der Waals surface area contributed by atoms with E-state index in [0.717, 1.165) is 5.56 Å². The van der Waals surface area contributed by atoms with E-state index in [2.05, 4.69) is 6.07 Å². The minimum absolute atomic E-state index is 0.0108. The maximum absolute atomic E-state index is 12.3. The van der Waals surface area contributed by atoms with Gasteiger partial charge in [0.25, 0.3) is 0 Å². The Bertz CT molecular complexity index is 763. The number of carbonyl (C=O) groups is 1. The van der Waals surface area contributed by atoms with Crippen molar-refractivity contribution in [2.24, 2.45) is 5.92 Å². The third-order valence-corrected chi connectivity index (χ3v) is 4.11. The van der Waals surface area contributed by atoms with Gasteiger partial charge in [0.2, 0.25) is 5.90 Å². The van der Waals surface area contributed by atoms with Gasteiger partial charge in [-0.2, -0.15) is 10.5 Å². The smallest absolute Gasteiger partial charge is 0.205 e. The number of ether oxygens (including phenoxy) is 1. The fraction of sp³-hybridized carbons (Fsp3) is 0.294. The number of allylic oxidation sites excluding steroid dienone is 2. The first-order valence-electron chi connectivity index (χ1n) is 7.08. The molecule has 3 rings (SSSR count). The molecule has 1 aliphatic carbocycles. The van der Waals surface area contributed by atoms with Crippen molar-refractivity contribution in [2.45, 2.75) is 25.2 Å². The second-order valence-electron chi connectivity index (χ2n) is 5.40. The number of nitrogens with zero attached hydrogens (tertiary/aromatic N) is 2. The molecule has 22 heavy (non-hydrogen) atoms. The zero-order valence-corrected chi connectivity index (χ0v) is 11.8. The molecule has 108 valence electrons. The summed E-state index contributed by atoms with van der Waals surface area (Å²) in [5.41, 5.74) is 1.81. The van der Waals surface area contributed by atoms with Gasteiger partial charge in [-0.1, -0.05) is 12.1 Å². The van der Waals surface area contributed by atoms with Gasteiger partial charge >= 0.3 is 0 Å². The predicted molar refractivity (Wildman–Crippen MR) is 77.7 cm³/mol. The number of nitrogens with one attached hydrogen (secondary N) is 1. The van der Waals surface area contributed by atoms with Crippen LogP contribution in [0, 0.1) is 34.0 Å². The highest BCUT2D eigenvalue weighted by Crippen LogP contribution is 2.43. The van der Waals surface area contributed by atoms with Crippen molar-refractivity contribution in [1.82, 2.24) is 0 Å². The summed E-state index contributed by atoms with van der Waals surface area (Å²) in [6.45, 7) is 0. The highest BCUT2D eigenvalue weighted by atomic mass is 16.5. The molecule has 2 unspecified atom stereocenters. The summed E-state index contributed by atoms with van der Waals surface area (Å²) < 4.78 is 5.43. The number of Topliss-reactive ketones (excluding diaryl/α,β-unsaturated/α-hetero) is 1. The van der Waals surface area contributed by atoms with Crippen LogP contribution in [0.3, 0.4) is 0 Å². The molecule has 2 aliphatic rings. The van der Waals surface area contributed by atoms with Gasteiger partial charge in [0, 0.05) is 24.3 Å². The molecule has 0 spiro atoms. The summed E-state index contributed by atoms with van der Waals surface area (Å²) in [5, 5.41) is 26.3. The Morgan fingerprint density at radius 2 is 1.91 bits per heavy atom. The monoisotopic (exact) mass is 291 g/mol. The second kappa shape index (κ2) is 5.46. The zero-order chi connectivity index (χ0) is 15.7. The van der Waals surface area contributed by atoms with Crippen LogP contribution in [0.5, 0.6) is 0 Å². The predicted octanol–water partition coefficient (Wildman–Crippen LogP) is 2.80. The van der Waals surface area contributed by atoms with Crippen LogP contribution >= 0.6 is 0 Å². The van der Waals surface area contributed by atoms with Crippen LogP contribution in [-0.2, 0) is 9.53 Å². The minimum Gasteiger partial charge on any atom is -0.446 e. The molecule has 1 aromatic rings. The lowest BCUT2D eigenvalue weighted by atomic mass is 9.74. The molecular weight excluding hydrogens is 278 g/mol. The largest absolute Gasteiger partial charge is 0.446 e. The van der Waals surface area contributed by atoms with Gasteiger partial charge in [-0.25, -0.2) is 0 Å². The van der Waals surface area contributed by atoms with E-state index in [0.29, 0.717) is 36.2 Å². The number of hydrogen-bond donors (Lipinski definition) is 1. The fourth-order valence-corrected chi connectivity index (χ4v) is 3.06. The van der Waals surface area contributed by atoms with E-state index in [9.17, 15) is 10.1 Å². The van der Waals surface area contributed by atoms with Crippen LogP contribution in [0.15, 0.2) is 35.6 Å². The van der Waals surface area contributed by atoms with E-state index < -0.39 is 11.8 Å². The van der Waals surface area contributed by atoms with Crippen molar-refractivity contribution in [3.05, 3.63) is 46.7 Å². The fourth-order valence-electron chi connectivity index (χ4n) is 3.06.